The minimum absolute atomic E-state index is 0.0212. The van der Waals surface area contributed by atoms with Crippen LogP contribution in [0.15, 0.2) is 0 Å². The summed E-state index contributed by atoms with van der Waals surface area (Å²) in [6.45, 7) is 1.42. The molecule has 0 bridgehead atoms. The fraction of sp³-hybridized carbons (Fsp3) is 0.818. The molecule has 0 aromatic carbocycles. The van der Waals surface area contributed by atoms with Crippen LogP contribution in [0.2, 0.25) is 0 Å². The molecule has 1 heterocycles. The van der Waals surface area contributed by atoms with Crippen molar-refractivity contribution in [2.24, 2.45) is 0 Å². The number of ether oxygens (including phenoxy) is 2. The Balaban J connectivity index is 2.28. The van der Waals surface area contributed by atoms with E-state index in [0.29, 0.717) is 26.2 Å². The number of Topliss-reactive ketones (excluding diaryl/α,β-unsaturated/α-hetero) is 1. The molecule has 17 heavy (non-hydrogen) atoms. The molecule has 0 radical (unpaired) electrons. The number of hydrogen-bond donors (Lipinski definition) is 1. The topological polar surface area (TPSA) is 76.1 Å². The zero-order valence-corrected chi connectivity index (χ0v) is 10.1. The summed E-state index contributed by atoms with van der Waals surface area (Å²) in [6, 6.07) is 0. The molecule has 1 fully saturated rings. The summed E-state index contributed by atoms with van der Waals surface area (Å²) in [6.07, 6.45) is 0.409. The van der Waals surface area contributed by atoms with Gasteiger partial charge in [0, 0.05) is 26.7 Å². The minimum atomic E-state index is -0.995. The average molecular weight is 245 g/mol. The van der Waals surface area contributed by atoms with Crippen LogP contribution in [-0.2, 0) is 14.3 Å². The number of hydrogen-bond acceptors (Lipinski definition) is 4. The van der Waals surface area contributed by atoms with Gasteiger partial charge in [-0.25, -0.2) is 4.79 Å². The second kappa shape index (κ2) is 7.24. The number of rotatable bonds is 6. The van der Waals surface area contributed by atoms with Gasteiger partial charge in [-0.05, 0) is 12.8 Å². The Labute approximate surface area is 100 Å². The molecule has 1 atom stereocenters. The number of carbonyl (C=O) groups is 2. The number of morpholine rings is 1. The molecule has 1 N–H and O–H groups in total. The van der Waals surface area contributed by atoms with Gasteiger partial charge in [0.05, 0.1) is 13.2 Å². The fourth-order valence-electron chi connectivity index (χ4n) is 1.72. The maximum atomic E-state index is 11.7. The van der Waals surface area contributed by atoms with Gasteiger partial charge in [0.1, 0.15) is 6.10 Å². The highest BCUT2D eigenvalue weighted by Gasteiger charge is 2.28. The van der Waals surface area contributed by atoms with Gasteiger partial charge < -0.3 is 19.5 Å². The van der Waals surface area contributed by atoms with Crippen LogP contribution in [0, 0.1) is 0 Å². The standard InChI is InChI=1S/C11H19NO5/c1-16-6-3-2-4-9(13)10-8-12(11(14)15)5-7-17-10/h10H,2-8H2,1H3,(H,14,15). The van der Waals surface area contributed by atoms with Gasteiger partial charge in [-0.2, -0.15) is 0 Å². The fourth-order valence-corrected chi connectivity index (χ4v) is 1.72. The first-order valence-electron chi connectivity index (χ1n) is 5.76. The molecule has 1 unspecified atom stereocenters. The van der Waals surface area contributed by atoms with E-state index in [1.165, 1.54) is 4.90 Å². The molecule has 0 aromatic heterocycles. The Bertz CT molecular complexity index is 269. The first-order valence-corrected chi connectivity index (χ1v) is 5.76. The van der Waals surface area contributed by atoms with Gasteiger partial charge in [-0.1, -0.05) is 0 Å². The number of unbranched alkanes of at least 4 members (excludes halogenated alkanes) is 1. The molecular weight excluding hydrogens is 226 g/mol. The molecule has 0 spiro atoms. The first kappa shape index (κ1) is 13.9. The highest BCUT2D eigenvalue weighted by molar-refractivity contribution is 5.84. The lowest BCUT2D eigenvalue weighted by Crippen LogP contribution is -2.48. The van der Waals surface area contributed by atoms with Crippen LogP contribution < -0.4 is 0 Å². The van der Waals surface area contributed by atoms with Gasteiger partial charge in [-0.3, -0.25) is 4.79 Å². The lowest BCUT2D eigenvalue weighted by atomic mass is 10.1. The van der Waals surface area contributed by atoms with Gasteiger partial charge in [-0.15, -0.1) is 0 Å². The number of carbonyl (C=O) groups excluding carboxylic acids is 1. The van der Waals surface area contributed by atoms with E-state index in [-0.39, 0.29) is 12.3 Å². The Hall–Kier alpha value is -1.14. The normalized spacial score (nSPS) is 20.3. The number of ketones is 1. The summed E-state index contributed by atoms with van der Waals surface area (Å²) in [5.74, 6) is -0.0212. The summed E-state index contributed by atoms with van der Waals surface area (Å²) in [7, 11) is 1.62. The second-order valence-electron chi connectivity index (χ2n) is 4.00. The van der Waals surface area contributed by atoms with Crippen LogP contribution >= 0.6 is 0 Å². The Morgan fingerprint density at radius 3 is 2.88 bits per heavy atom. The van der Waals surface area contributed by atoms with E-state index in [9.17, 15) is 9.59 Å². The zero-order chi connectivity index (χ0) is 12.7. The molecule has 6 heteroatoms. The van der Waals surface area contributed by atoms with Crippen molar-refractivity contribution in [2.45, 2.75) is 25.4 Å². The minimum Gasteiger partial charge on any atom is -0.465 e. The van der Waals surface area contributed by atoms with Crippen molar-refractivity contribution in [1.29, 1.82) is 0 Å². The van der Waals surface area contributed by atoms with Crippen molar-refractivity contribution in [3.05, 3.63) is 0 Å². The molecular formula is C11H19NO5. The van der Waals surface area contributed by atoms with E-state index < -0.39 is 12.2 Å². The molecule has 1 aliphatic heterocycles. The summed E-state index contributed by atoms with van der Waals surface area (Å²) in [5.41, 5.74) is 0. The van der Waals surface area contributed by atoms with Crippen LogP contribution in [0.25, 0.3) is 0 Å². The molecule has 98 valence electrons. The maximum Gasteiger partial charge on any atom is 0.407 e. The highest BCUT2D eigenvalue weighted by Crippen LogP contribution is 2.10. The number of carboxylic acid groups (broad SMARTS) is 1. The van der Waals surface area contributed by atoms with Crippen LogP contribution in [0.1, 0.15) is 19.3 Å². The molecule has 1 rings (SSSR count). The lowest BCUT2D eigenvalue weighted by molar-refractivity contribution is -0.135. The van der Waals surface area contributed by atoms with E-state index in [2.05, 4.69) is 0 Å². The third-order valence-electron chi connectivity index (χ3n) is 2.72. The lowest BCUT2D eigenvalue weighted by Gasteiger charge is -2.30. The molecule has 1 amide bonds. The molecule has 6 nitrogen and oxygen atoms in total. The quantitative estimate of drug-likeness (QED) is 0.699. The van der Waals surface area contributed by atoms with Gasteiger partial charge in [0.25, 0.3) is 0 Å². The van der Waals surface area contributed by atoms with Crippen molar-refractivity contribution in [1.82, 2.24) is 4.90 Å². The highest BCUT2D eigenvalue weighted by atomic mass is 16.5. The van der Waals surface area contributed by atoms with E-state index in [0.717, 1.165) is 12.8 Å². The van der Waals surface area contributed by atoms with Gasteiger partial charge >= 0.3 is 6.09 Å². The number of methoxy groups -OCH3 is 1. The van der Waals surface area contributed by atoms with Crippen molar-refractivity contribution in [3.8, 4) is 0 Å². The number of nitrogens with zero attached hydrogens (tertiary/aromatic N) is 1. The van der Waals surface area contributed by atoms with Gasteiger partial charge in [0.2, 0.25) is 0 Å². The number of amides is 1. The third-order valence-corrected chi connectivity index (χ3v) is 2.72. The van der Waals surface area contributed by atoms with Crippen LogP contribution in [-0.4, -0.2) is 61.4 Å². The average Bonchev–Trinajstić information content (AvgIpc) is 2.34. The summed E-state index contributed by atoms with van der Waals surface area (Å²) in [5, 5.41) is 8.83. The molecule has 0 aromatic rings. The SMILES string of the molecule is COCCCCC(=O)C1CN(C(=O)O)CCO1. The Morgan fingerprint density at radius 2 is 2.24 bits per heavy atom. The summed E-state index contributed by atoms with van der Waals surface area (Å²) >= 11 is 0. The maximum absolute atomic E-state index is 11.7. The zero-order valence-electron chi connectivity index (χ0n) is 10.1. The van der Waals surface area contributed by atoms with E-state index in [1.54, 1.807) is 7.11 Å². The summed E-state index contributed by atoms with van der Waals surface area (Å²) in [4.78, 5) is 23.7. The van der Waals surface area contributed by atoms with Crippen LogP contribution in [0.3, 0.4) is 0 Å². The van der Waals surface area contributed by atoms with Crippen molar-refractivity contribution in [2.75, 3.05) is 33.4 Å². The monoisotopic (exact) mass is 245 g/mol. The van der Waals surface area contributed by atoms with Crippen molar-refractivity contribution in [3.63, 3.8) is 0 Å². The van der Waals surface area contributed by atoms with Crippen molar-refractivity contribution < 1.29 is 24.2 Å². The Kier molecular flexibility index (Phi) is 5.93. The first-order chi connectivity index (χ1) is 8.15. The van der Waals surface area contributed by atoms with E-state index in [4.69, 9.17) is 14.6 Å². The second-order valence-corrected chi connectivity index (χ2v) is 4.00. The largest absolute Gasteiger partial charge is 0.465 e. The van der Waals surface area contributed by atoms with Crippen LogP contribution in [0.5, 0.6) is 0 Å². The molecule has 0 aliphatic carbocycles. The predicted octanol–water partition coefficient (Wildman–Crippen LogP) is 0.751. The van der Waals surface area contributed by atoms with Crippen LogP contribution in [0.4, 0.5) is 4.79 Å². The Morgan fingerprint density at radius 1 is 1.47 bits per heavy atom. The van der Waals surface area contributed by atoms with E-state index in [1.807, 2.05) is 0 Å². The third kappa shape index (κ3) is 4.70. The molecule has 1 saturated heterocycles. The molecule has 1 aliphatic rings. The van der Waals surface area contributed by atoms with Crippen molar-refractivity contribution >= 4 is 11.9 Å². The van der Waals surface area contributed by atoms with E-state index >= 15 is 0 Å². The predicted molar refractivity (Wildman–Crippen MR) is 60.1 cm³/mol. The summed E-state index contributed by atoms with van der Waals surface area (Å²) < 4.78 is 10.2. The van der Waals surface area contributed by atoms with Gasteiger partial charge in [0.15, 0.2) is 5.78 Å². The molecule has 0 saturated carbocycles. The smallest absolute Gasteiger partial charge is 0.407 e.